The number of unbranched alkanes of at least 4 members (excludes halogenated alkanes) is 1. The third-order valence-corrected chi connectivity index (χ3v) is 5.60. The number of hydrogen-bond donors (Lipinski definition) is 0. The van der Waals surface area contributed by atoms with Gasteiger partial charge in [0.2, 0.25) is 0 Å². The number of nitrogens with zero attached hydrogens (tertiary/aromatic N) is 1. The van der Waals surface area contributed by atoms with Crippen LogP contribution >= 0.6 is 34.7 Å². The number of rotatable bonds is 7. The van der Waals surface area contributed by atoms with E-state index in [1.165, 1.54) is 0 Å². The fourth-order valence-electron chi connectivity index (χ4n) is 1.91. The lowest BCUT2D eigenvalue weighted by molar-refractivity contribution is -0.118. The number of fused-ring (bicyclic) bond motifs is 1. The molecule has 0 aliphatic heterocycles. The van der Waals surface area contributed by atoms with E-state index in [-0.39, 0.29) is 5.25 Å². The smallest absolute Gasteiger partial charge is 0.151 e. The molecule has 1 unspecified atom stereocenters. The molecule has 1 aromatic carbocycles. The zero-order valence-electron chi connectivity index (χ0n) is 12.1. The van der Waals surface area contributed by atoms with Crippen molar-refractivity contribution in [1.82, 2.24) is 4.98 Å². The predicted molar refractivity (Wildman–Crippen MR) is 93.6 cm³/mol. The van der Waals surface area contributed by atoms with Crippen LogP contribution in [0, 0.1) is 0 Å². The second-order valence-corrected chi connectivity index (χ2v) is 7.83. The molecule has 2 rings (SSSR count). The summed E-state index contributed by atoms with van der Waals surface area (Å²) in [4.78, 5) is 16.6. The standard InChI is InChI=1S/C16H18ClNOS2/c1-3-4-5-6-7-14(19)11(2)20-16-18-13-10-12(17)8-9-15(13)21-16/h3-4,8-11H,5-7H2,1-2H3. The molecule has 0 saturated carbocycles. The number of aromatic nitrogens is 1. The molecule has 0 fully saturated rings. The molecule has 0 aliphatic rings. The SMILES string of the molecule is CC=CCCCC(=O)C(C)Sc1nc2cc(Cl)ccc2s1. The first-order valence-electron chi connectivity index (χ1n) is 6.96. The number of halogens is 1. The van der Waals surface area contributed by atoms with E-state index in [0.29, 0.717) is 17.2 Å². The zero-order chi connectivity index (χ0) is 15.2. The second kappa shape index (κ2) is 7.97. The topological polar surface area (TPSA) is 30.0 Å². The Morgan fingerprint density at radius 1 is 1.52 bits per heavy atom. The summed E-state index contributed by atoms with van der Waals surface area (Å²) >= 11 is 9.12. The molecule has 0 aliphatic carbocycles. The summed E-state index contributed by atoms with van der Waals surface area (Å²) in [5.74, 6) is 0.293. The van der Waals surface area contributed by atoms with E-state index in [1.807, 2.05) is 38.1 Å². The summed E-state index contributed by atoms with van der Waals surface area (Å²) in [7, 11) is 0. The van der Waals surface area contributed by atoms with Crippen LogP contribution in [-0.4, -0.2) is 16.0 Å². The Hall–Kier alpha value is -0.840. The normalized spacial score (nSPS) is 13.1. The third kappa shape index (κ3) is 4.83. The Labute approximate surface area is 138 Å². The fraction of sp³-hybridized carbons (Fsp3) is 0.375. The van der Waals surface area contributed by atoms with Gasteiger partial charge >= 0.3 is 0 Å². The Balaban J connectivity index is 1.94. The van der Waals surface area contributed by atoms with E-state index >= 15 is 0 Å². The van der Waals surface area contributed by atoms with Gasteiger partial charge in [-0.1, -0.05) is 35.5 Å². The first-order valence-corrected chi connectivity index (χ1v) is 9.04. The maximum absolute atomic E-state index is 12.1. The highest BCUT2D eigenvalue weighted by molar-refractivity contribution is 8.02. The first kappa shape index (κ1) is 16.5. The van der Waals surface area contributed by atoms with E-state index < -0.39 is 0 Å². The number of benzene rings is 1. The van der Waals surface area contributed by atoms with Gasteiger partial charge in [-0.25, -0.2) is 4.98 Å². The molecule has 0 bridgehead atoms. The average Bonchev–Trinajstić information content (AvgIpc) is 2.84. The molecule has 5 heteroatoms. The number of allylic oxidation sites excluding steroid dienone is 2. The number of thiazole rings is 1. The molecular formula is C16H18ClNOS2. The summed E-state index contributed by atoms with van der Waals surface area (Å²) < 4.78 is 2.04. The lowest BCUT2D eigenvalue weighted by Gasteiger charge is -2.07. The summed E-state index contributed by atoms with van der Waals surface area (Å²) in [5, 5.41) is 0.643. The minimum atomic E-state index is -0.0494. The van der Waals surface area contributed by atoms with Crippen LogP contribution < -0.4 is 0 Å². The molecule has 2 aromatic rings. The number of thioether (sulfide) groups is 1. The lowest BCUT2D eigenvalue weighted by atomic mass is 10.1. The maximum Gasteiger partial charge on any atom is 0.151 e. The summed E-state index contributed by atoms with van der Waals surface area (Å²) in [6.45, 7) is 3.96. The van der Waals surface area contributed by atoms with Gasteiger partial charge in [-0.3, -0.25) is 4.79 Å². The number of carbonyl (C=O) groups excluding carboxylic acids is 1. The van der Waals surface area contributed by atoms with E-state index in [9.17, 15) is 4.79 Å². The Morgan fingerprint density at radius 3 is 3.10 bits per heavy atom. The van der Waals surface area contributed by atoms with Crippen LogP contribution in [-0.2, 0) is 4.79 Å². The molecule has 21 heavy (non-hydrogen) atoms. The van der Waals surface area contributed by atoms with Gasteiger partial charge in [-0.15, -0.1) is 11.3 Å². The molecule has 1 atom stereocenters. The highest BCUT2D eigenvalue weighted by Gasteiger charge is 2.16. The van der Waals surface area contributed by atoms with Gasteiger partial charge in [-0.05, 0) is 44.9 Å². The van der Waals surface area contributed by atoms with Gasteiger partial charge < -0.3 is 0 Å². The van der Waals surface area contributed by atoms with Crippen LogP contribution in [0.3, 0.4) is 0 Å². The molecule has 0 saturated heterocycles. The van der Waals surface area contributed by atoms with Crippen molar-refractivity contribution in [3.8, 4) is 0 Å². The highest BCUT2D eigenvalue weighted by atomic mass is 35.5. The van der Waals surface area contributed by atoms with Gasteiger partial charge in [-0.2, -0.15) is 0 Å². The van der Waals surface area contributed by atoms with E-state index in [2.05, 4.69) is 11.1 Å². The molecule has 112 valence electrons. The van der Waals surface area contributed by atoms with Gasteiger partial charge in [0.1, 0.15) is 5.78 Å². The lowest BCUT2D eigenvalue weighted by Crippen LogP contribution is -2.12. The van der Waals surface area contributed by atoms with Crippen molar-refractivity contribution in [1.29, 1.82) is 0 Å². The Bertz CT molecular complexity index is 651. The van der Waals surface area contributed by atoms with E-state index in [1.54, 1.807) is 23.1 Å². The Kier molecular flexibility index (Phi) is 6.27. The fourth-order valence-corrected chi connectivity index (χ4v) is 4.35. The van der Waals surface area contributed by atoms with Crippen molar-refractivity contribution in [3.05, 3.63) is 35.4 Å². The van der Waals surface area contributed by atoms with Crippen molar-refractivity contribution >= 4 is 50.7 Å². The van der Waals surface area contributed by atoms with Crippen LogP contribution in [0.25, 0.3) is 10.2 Å². The molecule has 0 amide bonds. The van der Waals surface area contributed by atoms with Crippen LogP contribution in [0.2, 0.25) is 5.02 Å². The summed E-state index contributed by atoms with van der Waals surface area (Å²) in [5.41, 5.74) is 0.905. The molecule has 1 heterocycles. The quantitative estimate of drug-likeness (QED) is 0.365. The maximum atomic E-state index is 12.1. The minimum Gasteiger partial charge on any atom is -0.298 e. The molecule has 1 aromatic heterocycles. The molecular weight excluding hydrogens is 322 g/mol. The third-order valence-electron chi connectivity index (χ3n) is 3.09. The minimum absolute atomic E-state index is 0.0494. The summed E-state index contributed by atoms with van der Waals surface area (Å²) in [6, 6.07) is 5.70. The van der Waals surface area contributed by atoms with Gasteiger partial charge in [0.05, 0.1) is 15.5 Å². The number of ketones is 1. The second-order valence-electron chi connectivity index (χ2n) is 4.78. The van der Waals surface area contributed by atoms with Gasteiger partial charge in [0, 0.05) is 11.4 Å². The first-order chi connectivity index (χ1) is 10.1. The monoisotopic (exact) mass is 339 g/mol. The van der Waals surface area contributed by atoms with Gasteiger partial charge in [0.25, 0.3) is 0 Å². The van der Waals surface area contributed by atoms with E-state index in [0.717, 1.165) is 27.4 Å². The van der Waals surface area contributed by atoms with E-state index in [4.69, 9.17) is 11.6 Å². The number of hydrogen-bond acceptors (Lipinski definition) is 4. The van der Waals surface area contributed by atoms with Crippen molar-refractivity contribution in [2.24, 2.45) is 0 Å². The molecule has 0 N–H and O–H groups in total. The molecule has 0 spiro atoms. The molecule has 0 radical (unpaired) electrons. The summed E-state index contributed by atoms with van der Waals surface area (Å²) in [6.07, 6.45) is 6.65. The predicted octanol–water partition coefficient (Wildman–Crippen LogP) is 5.75. The van der Waals surface area contributed by atoms with Crippen molar-refractivity contribution in [2.75, 3.05) is 0 Å². The van der Waals surface area contributed by atoms with Crippen LogP contribution in [0.1, 0.15) is 33.1 Å². The number of Topliss-reactive ketones (excluding diaryl/α,β-unsaturated/α-hetero) is 1. The largest absolute Gasteiger partial charge is 0.298 e. The van der Waals surface area contributed by atoms with Crippen LogP contribution in [0.5, 0.6) is 0 Å². The van der Waals surface area contributed by atoms with Crippen molar-refractivity contribution in [3.63, 3.8) is 0 Å². The van der Waals surface area contributed by atoms with Crippen LogP contribution in [0.4, 0.5) is 0 Å². The average molecular weight is 340 g/mol. The number of carbonyl (C=O) groups is 1. The Morgan fingerprint density at radius 2 is 2.33 bits per heavy atom. The zero-order valence-corrected chi connectivity index (χ0v) is 14.5. The highest BCUT2D eigenvalue weighted by Crippen LogP contribution is 2.33. The van der Waals surface area contributed by atoms with Crippen molar-refractivity contribution < 1.29 is 4.79 Å². The van der Waals surface area contributed by atoms with Crippen molar-refractivity contribution in [2.45, 2.75) is 42.7 Å². The van der Waals surface area contributed by atoms with Gasteiger partial charge in [0.15, 0.2) is 4.34 Å². The molecule has 2 nitrogen and oxygen atoms in total. The van der Waals surface area contributed by atoms with Crippen LogP contribution in [0.15, 0.2) is 34.7 Å².